The number of ether oxygens (including phenoxy) is 1. The number of hydrogen-bond donors (Lipinski definition) is 3. The van der Waals surface area contributed by atoms with E-state index in [-0.39, 0.29) is 30.8 Å². The molecule has 1 unspecified atom stereocenters. The normalized spacial score (nSPS) is 16.7. The van der Waals surface area contributed by atoms with Gasteiger partial charge >= 0.3 is 0 Å². The summed E-state index contributed by atoms with van der Waals surface area (Å²) < 4.78 is 5.26. The fraction of sp³-hybridized carbons (Fsp3) is 0.222. The van der Waals surface area contributed by atoms with Gasteiger partial charge in [0.05, 0.1) is 13.7 Å². The van der Waals surface area contributed by atoms with E-state index in [1.807, 2.05) is 24.3 Å². The fourth-order valence-electron chi connectivity index (χ4n) is 4.51. The van der Waals surface area contributed by atoms with E-state index in [0.29, 0.717) is 52.7 Å². The Morgan fingerprint density at radius 3 is 2.86 bits per heavy atom. The maximum Gasteiger partial charge on any atom is 0.255 e. The highest BCUT2D eigenvalue weighted by molar-refractivity contribution is 6.04. The number of carbonyl (C=O) groups excluding carboxylic acids is 3. The molecule has 1 atom stereocenters. The van der Waals surface area contributed by atoms with Gasteiger partial charge in [0.25, 0.3) is 5.91 Å². The van der Waals surface area contributed by atoms with Gasteiger partial charge in [-0.15, -0.1) is 0 Å². The van der Waals surface area contributed by atoms with Gasteiger partial charge in [-0.1, -0.05) is 24.8 Å². The molecule has 1 saturated heterocycles. The lowest BCUT2D eigenvalue weighted by Gasteiger charge is -2.31. The summed E-state index contributed by atoms with van der Waals surface area (Å²) in [6.07, 6.45) is 2.75. The van der Waals surface area contributed by atoms with E-state index in [4.69, 9.17) is 4.74 Å². The Morgan fingerprint density at radius 2 is 2.05 bits per heavy atom. The van der Waals surface area contributed by atoms with Crippen LogP contribution in [-0.2, 0) is 16.1 Å². The molecule has 2 aliphatic rings. The number of methoxy groups -OCH3 is 1. The predicted molar refractivity (Wildman–Crippen MR) is 138 cm³/mol. The number of anilines is 2. The Balaban J connectivity index is 1.24. The van der Waals surface area contributed by atoms with Crippen molar-refractivity contribution in [2.75, 3.05) is 24.3 Å². The molecular weight excluding hydrogens is 472 g/mol. The zero-order chi connectivity index (χ0) is 25.9. The zero-order valence-electron chi connectivity index (χ0n) is 20.3. The van der Waals surface area contributed by atoms with Crippen LogP contribution < -0.4 is 20.7 Å². The lowest BCUT2D eigenvalue weighted by atomic mass is 10.0. The van der Waals surface area contributed by atoms with E-state index in [1.165, 1.54) is 0 Å². The number of benzene rings is 2. The van der Waals surface area contributed by atoms with Gasteiger partial charge in [-0.25, -0.2) is 9.97 Å². The molecule has 2 aliphatic heterocycles. The average Bonchev–Trinajstić information content (AvgIpc) is 3.25. The number of amides is 3. The van der Waals surface area contributed by atoms with Gasteiger partial charge in [0.1, 0.15) is 17.6 Å². The van der Waals surface area contributed by atoms with Gasteiger partial charge in [0.15, 0.2) is 5.82 Å². The molecule has 3 aromatic rings. The molecule has 3 amide bonds. The van der Waals surface area contributed by atoms with Gasteiger partial charge in [-0.3, -0.25) is 14.4 Å². The van der Waals surface area contributed by atoms with Crippen LogP contribution in [0.5, 0.6) is 5.75 Å². The summed E-state index contributed by atoms with van der Waals surface area (Å²) in [6, 6.07) is 13.7. The van der Waals surface area contributed by atoms with Crippen LogP contribution in [0.15, 0.2) is 67.0 Å². The molecule has 0 aliphatic carbocycles. The Morgan fingerprint density at radius 1 is 1.22 bits per heavy atom. The molecular formula is C27H26N6O4. The van der Waals surface area contributed by atoms with Crippen LogP contribution in [-0.4, -0.2) is 52.3 Å². The zero-order valence-corrected chi connectivity index (χ0v) is 20.3. The molecule has 10 nitrogen and oxygen atoms in total. The highest BCUT2D eigenvalue weighted by atomic mass is 16.5. The lowest BCUT2D eigenvalue weighted by molar-refractivity contribution is -0.126. The summed E-state index contributed by atoms with van der Waals surface area (Å²) in [5.74, 6) is 0.938. The van der Waals surface area contributed by atoms with E-state index < -0.39 is 6.04 Å². The molecule has 1 aromatic heterocycles. The minimum atomic E-state index is -0.563. The van der Waals surface area contributed by atoms with Gasteiger partial charge in [0, 0.05) is 40.8 Å². The summed E-state index contributed by atoms with van der Waals surface area (Å²) in [7, 11) is 1.59. The third-order valence-corrected chi connectivity index (χ3v) is 6.38. The summed E-state index contributed by atoms with van der Waals surface area (Å²) >= 11 is 0. The first-order valence-corrected chi connectivity index (χ1v) is 11.9. The Hall–Kier alpha value is -4.73. The maximum atomic E-state index is 13.0. The molecule has 0 spiro atoms. The minimum absolute atomic E-state index is 0.0387. The molecule has 37 heavy (non-hydrogen) atoms. The molecule has 0 saturated carbocycles. The van der Waals surface area contributed by atoms with E-state index in [9.17, 15) is 14.4 Å². The Labute approximate surface area is 213 Å². The van der Waals surface area contributed by atoms with Gasteiger partial charge in [-0.2, -0.15) is 0 Å². The SMILES string of the molecule is C=C1CCC(N2Cc3c(NC(=O)CNc4ccnc(-c5cccc(OC)c5)n4)cccc3C2=O)C(=O)N1. The second-order valence-electron chi connectivity index (χ2n) is 8.81. The third-order valence-electron chi connectivity index (χ3n) is 6.38. The van der Waals surface area contributed by atoms with Crippen LogP contribution >= 0.6 is 0 Å². The van der Waals surface area contributed by atoms with Crippen LogP contribution in [0.2, 0.25) is 0 Å². The molecule has 1 fully saturated rings. The van der Waals surface area contributed by atoms with Crippen molar-refractivity contribution in [2.24, 2.45) is 0 Å². The molecule has 10 heteroatoms. The van der Waals surface area contributed by atoms with Crippen molar-refractivity contribution < 1.29 is 19.1 Å². The second-order valence-corrected chi connectivity index (χ2v) is 8.81. The van der Waals surface area contributed by atoms with Crippen LogP contribution in [0.4, 0.5) is 11.5 Å². The monoisotopic (exact) mass is 498 g/mol. The number of carbonyl (C=O) groups is 3. The average molecular weight is 499 g/mol. The van der Waals surface area contributed by atoms with E-state index >= 15 is 0 Å². The number of aromatic nitrogens is 2. The van der Waals surface area contributed by atoms with E-state index in [0.717, 1.165) is 5.56 Å². The summed E-state index contributed by atoms with van der Waals surface area (Å²) in [4.78, 5) is 48.6. The number of fused-ring (bicyclic) bond motifs is 1. The first-order chi connectivity index (χ1) is 17.9. The molecule has 2 aromatic carbocycles. The van der Waals surface area contributed by atoms with Gasteiger partial charge in [0.2, 0.25) is 11.8 Å². The molecule has 0 bridgehead atoms. The van der Waals surface area contributed by atoms with Crippen LogP contribution in [0.25, 0.3) is 11.4 Å². The number of allylic oxidation sites excluding steroid dienone is 1. The van der Waals surface area contributed by atoms with Gasteiger partial charge < -0.3 is 25.6 Å². The van der Waals surface area contributed by atoms with Crippen molar-refractivity contribution in [3.63, 3.8) is 0 Å². The van der Waals surface area contributed by atoms with Gasteiger partial charge in [-0.05, 0) is 43.2 Å². The first kappa shape index (κ1) is 24.0. The van der Waals surface area contributed by atoms with E-state index in [1.54, 1.807) is 42.5 Å². The number of nitrogens with zero attached hydrogens (tertiary/aromatic N) is 3. The topological polar surface area (TPSA) is 126 Å². The van der Waals surface area contributed by atoms with Crippen LogP contribution in [0.3, 0.4) is 0 Å². The highest BCUT2D eigenvalue weighted by Crippen LogP contribution is 2.32. The quantitative estimate of drug-likeness (QED) is 0.457. The molecule has 0 radical (unpaired) electrons. The highest BCUT2D eigenvalue weighted by Gasteiger charge is 2.39. The molecule has 3 heterocycles. The standard InChI is InChI=1S/C27H26N6O4/c1-16-9-10-22(26(35)30-16)33-15-20-19(27(33)36)7-4-8-21(20)31-24(34)14-29-23-11-12-28-25(32-23)17-5-3-6-18(13-17)37-2/h3-8,11-13,22H,1,9-10,14-15H2,2H3,(H,30,35)(H,31,34)(H,28,29,32). The summed E-state index contributed by atoms with van der Waals surface area (Å²) in [6.45, 7) is 4.01. The number of nitrogens with one attached hydrogen (secondary N) is 3. The van der Waals surface area contributed by atoms with Crippen molar-refractivity contribution in [3.8, 4) is 17.1 Å². The Bertz CT molecular complexity index is 1410. The van der Waals surface area contributed by atoms with Crippen molar-refractivity contribution in [1.29, 1.82) is 0 Å². The number of rotatable bonds is 7. The minimum Gasteiger partial charge on any atom is -0.497 e. The van der Waals surface area contributed by atoms with E-state index in [2.05, 4.69) is 32.5 Å². The predicted octanol–water partition coefficient (Wildman–Crippen LogP) is 2.95. The summed E-state index contributed by atoms with van der Waals surface area (Å²) in [5.41, 5.74) is 3.17. The van der Waals surface area contributed by atoms with Crippen LogP contribution in [0, 0.1) is 0 Å². The first-order valence-electron chi connectivity index (χ1n) is 11.9. The van der Waals surface area contributed by atoms with Crippen molar-refractivity contribution in [1.82, 2.24) is 20.2 Å². The van der Waals surface area contributed by atoms with Crippen molar-refractivity contribution in [2.45, 2.75) is 25.4 Å². The molecule has 188 valence electrons. The Kier molecular flexibility index (Phi) is 6.55. The smallest absolute Gasteiger partial charge is 0.255 e. The number of piperidine rings is 1. The second kappa shape index (κ2) is 10.1. The number of hydrogen-bond acceptors (Lipinski definition) is 7. The van der Waals surface area contributed by atoms with Crippen LogP contribution in [0.1, 0.15) is 28.8 Å². The molecule has 3 N–H and O–H groups in total. The van der Waals surface area contributed by atoms with Crippen molar-refractivity contribution in [3.05, 3.63) is 78.1 Å². The largest absolute Gasteiger partial charge is 0.497 e. The third kappa shape index (κ3) is 4.99. The molecule has 5 rings (SSSR count). The maximum absolute atomic E-state index is 13.0. The van der Waals surface area contributed by atoms with Crippen molar-refractivity contribution >= 4 is 29.2 Å². The summed E-state index contributed by atoms with van der Waals surface area (Å²) in [5, 5.41) is 8.63. The fourth-order valence-corrected chi connectivity index (χ4v) is 4.51. The lowest BCUT2D eigenvalue weighted by Crippen LogP contribution is -2.49.